The maximum Gasteiger partial charge on any atom is 0.291 e. The Balaban J connectivity index is 1.62. The summed E-state index contributed by atoms with van der Waals surface area (Å²) in [7, 11) is 0. The third kappa shape index (κ3) is 4.16. The number of aromatic nitrogens is 1. The van der Waals surface area contributed by atoms with E-state index in [0.717, 1.165) is 41.8 Å². The fraction of sp³-hybridized carbons (Fsp3) is 0.200. The van der Waals surface area contributed by atoms with E-state index < -0.39 is 0 Å². The molecule has 0 saturated carbocycles. The highest BCUT2D eigenvalue weighted by atomic mass is 32.1. The van der Waals surface area contributed by atoms with Crippen LogP contribution in [0, 0.1) is 5.82 Å². The number of pyridine rings is 1. The number of fused-ring (bicyclic) bond motifs is 1. The van der Waals surface area contributed by atoms with Gasteiger partial charge in [-0.25, -0.2) is 9.37 Å². The van der Waals surface area contributed by atoms with Gasteiger partial charge in [0, 0.05) is 16.6 Å². The van der Waals surface area contributed by atoms with Gasteiger partial charge in [-0.2, -0.15) is 0 Å². The number of anilines is 2. The normalized spacial score (nSPS) is 13.9. The van der Waals surface area contributed by atoms with E-state index in [2.05, 4.69) is 15.6 Å². The molecule has 4 aromatic rings. The number of rotatable bonds is 6. The predicted octanol–water partition coefficient (Wildman–Crippen LogP) is 6.21. The van der Waals surface area contributed by atoms with Crippen LogP contribution in [-0.4, -0.2) is 10.9 Å². The maximum atomic E-state index is 14.2. The van der Waals surface area contributed by atoms with Gasteiger partial charge in [0.05, 0.1) is 12.3 Å². The number of nitrogens with zero attached hydrogens (tertiary/aromatic N) is 1. The number of carbonyl (C=O) groups is 1. The topological polar surface area (TPSA) is 67.2 Å². The lowest BCUT2D eigenvalue weighted by Gasteiger charge is -2.24. The van der Waals surface area contributed by atoms with Gasteiger partial charge in [0.25, 0.3) is 5.91 Å². The minimum atomic E-state index is -0.370. The molecule has 7 heteroatoms. The number of thiophene rings is 1. The Kier molecular flexibility index (Phi) is 5.73. The van der Waals surface area contributed by atoms with Crippen LogP contribution in [0.25, 0.3) is 0 Å². The number of carbonyl (C=O) groups excluding carboxylic acids is 1. The van der Waals surface area contributed by atoms with Gasteiger partial charge in [0.15, 0.2) is 5.76 Å². The van der Waals surface area contributed by atoms with Gasteiger partial charge in [-0.3, -0.25) is 4.79 Å². The minimum absolute atomic E-state index is 0.252. The molecule has 0 aliphatic heterocycles. The number of amides is 1. The molecule has 1 unspecified atom stereocenters. The summed E-state index contributed by atoms with van der Waals surface area (Å²) in [5.41, 5.74) is 2.98. The molecule has 0 spiro atoms. The monoisotopic (exact) mass is 447 g/mol. The lowest BCUT2D eigenvalue weighted by molar-refractivity contribution is 0.0997. The third-order valence-electron chi connectivity index (χ3n) is 5.61. The van der Waals surface area contributed by atoms with Crippen LogP contribution in [0.4, 0.5) is 15.2 Å². The Morgan fingerprint density at radius 1 is 1.09 bits per heavy atom. The van der Waals surface area contributed by atoms with Crippen molar-refractivity contribution in [2.45, 2.75) is 31.7 Å². The first-order valence-electron chi connectivity index (χ1n) is 10.6. The van der Waals surface area contributed by atoms with E-state index in [-0.39, 0.29) is 23.5 Å². The number of nitrogens with one attached hydrogen (secondary N) is 2. The molecule has 0 fully saturated rings. The average molecular weight is 448 g/mol. The quantitative estimate of drug-likeness (QED) is 0.369. The summed E-state index contributed by atoms with van der Waals surface area (Å²) in [5, 5.41) is 7.29. The summed E-state index contributed by atoms with van der Waals surface area (Å²) < 4.78 is 19.5. The number of hydrogen-bond donors (Lipinski definition) is 2. The summed E-state index contributed by atoms with van der Waals surface area (Å²) in [6.07, 6.45) is 7.30. The number of benzene rings is 1. The van der Waals surface area contributed by atoms with Crippen molar-refractivity contribution in [2.24, 2.45) is 0 Å². The van der Waals surface area contributed by atoms with E-state index in [0.29, 0.717) is 5.82 Å². The second kappa shape index (κ2) is 8.96. The number of hydrogen-bond acceptors (Lipinski definition) is 5. The van der Waals surface area contributed by atoms with Crippen molar-refractivity contribution >= 4 is 28.1 Å². The van der Waals surface area contributed by atoms with Crippen molar-refractivity contribution in [1.29, 1.82) is 0 Å². The van der Waals surface area contributed by atoms with Gasteiger partial charge in [-0.1, -0.05) is 18.2 Å². The minimum Gasteiger partial charge on any atom is -0.459 e. The summed E-state index contributed by atoms with van der Waals surface area (Å²) in [4.78, 5) is 18.5. The molecule has 162 valence electrons. The Bertz CT molecular complexity index is 1220. The molecule has 1 amide bonds. The van der Waals surface area contributed by atoms with Gasteiger partial charge in [-0.15, -0.1) is 11.3 Å². The fourth-order valence-electron chi connectivity index (χ4n) is 4.17. The van der Waals surface area contributed by atoms with Crippen molar-refractivity contribution in [3.63, 3.8) is 0 Å². The van der Waals surface area contributed by atoms with Gasteiger partial charge in [0.1, 0.15) is 16.6 Å². The van der Waals surface area contributed by atoms with Crippen molar-refractivity contribution in [1.82, 2.24) is 4.98 Å². The molecule has 2 N–H and O–H groups in total. The van der Waals surface area contributed by atoms with Gasteiger partial charge >= 0.3 is 0 Å². The van der Waals surface area contributed by atoms with Crippen LogP contribution in [0.3, 0.4) is 0 Å². The first-order chi connectivity index (χ1) is 15.7. The highest BCUT2D eigenvalue weighted by Crippen LogP contribution is 2.44. The van der Waals surface area contributed by atoms with Crippen molar-refractivity contribution < 1.29 is 13.6 Å². The molecule has 3 heterocycles. The SMILES string of the molecule is O=C(Nc1sc2c(c1C(Nc1ccccn1)c1cccc(F)c1)CCCC2)c1ccco1. The zero-order valence-electron chi connectivity index (χ0n) is 17.3. The standard InChI is InChI=1S/C25H22FN3O2S/c26-17-8-5-7-16(15-17)23(28-21-12-3-4-13-27-21)22-18-9-1-2-11-20(18)32-25(22)29-24(30)19-10-6-14-31-19/h3-8,10,12-15,23H,1-2,9,11H2,(H,27,28)(H,29,30). The second-order valence-electron chi connectivity index (χ2n) is 7.73. The van der Waals surface area contributed by atoms with Crippen molar-refractivity contribution in [3.05, 3.63) is 100 Å². The molecule has 5 nitrogen and oxygen atoms in total. The fourth-order valence-corrected chi connectivity index (χ4v) is 5.49. The molecule has 1 aliphatic rings. The molecule has 32 heavy (non-hydrogen) atoms. The Hall–Kier alpha value is -3.45. The van der Waals surface area contributed by atoms with E-state index in [9.17, 15) is 9.18 Å². The van der Waals surface area contributed by atoms with Crippen LogP contribution < -0.4 is 10.6 Å². The van der Waals surface area contributed by atoms with E-state index in [1.165, 1.54) is 28.8 Å². The summed E-state index contributed by atoms with van der Waals surface area (Å²) in [5.74, 6) is 0.328. The lowest BCUT2D eigenvalue weighted by Crippen LogP contribution is -2.19. The highest BCUT2D eigenvalue weighted by molar-refractivity contribution is 7.16. The Labute approximate surface area is 189 Å². The largest absolute Gasteiger partial charge is 0.459 e. The smallest absolute Gasteiger partial charge is 0.291 e. The number of aryl methyl sites for hydroxylation is 1. The summed E-state index contributed by atoms with van der Waals surface area (Å²) in [6.45, 7) is 0. The van der Waals surface area contributed by atoms with E-state index in [4.69, 9.17) is 4.42 Å². The molecule has 3 aromatic heterocycles. The molecule has 5 rings (SSSR count). The van der Waals surface area contributed by atoms with Crippen molar-refractivity contribution in [2.75, 3.05) is 10.6 Å². The summed E-state index contributed by atoms with van der Waals surface area (Å²) >= 11 is 1.60. The lowest BCUT2D eigenvalue weighted by atomic mass is 9.89. The van der Waals surface area contributed by atoms with Crippen LogP contribution in [0.2, 0.25) is 0 Å². The van der Waals surface area contributed by atoms with Crippen LogP contribution in [0.15, 0.2) is 71.5 Å². The third-order valence-corrected chi connectivity index (χ3v) is 6.84. The zero-order valence-corrected chi connectivity index (χ0v) is 18.1. The number of halogens is 1. The highest BCUT2D eigenvalue weighted by Gasteiger charge is 2.29. The average Bonchev–Trinajstić information content (AvgIpc) is 3.46. The van der Waals surface area contributed by atoms with E-state index in [1.807, 2.05) is 24.3 Å². The molecular formula is C25H22FN3O2S. The van der Waals surface area contributed by atoms with Crippen LogP contribution in [0.5, 0.6) is 0 Å². The van der Waals surface area contributed by atoms with Gasteiger partial charge in [-0.05, 0) is 73.2 Å². The molecule has 0 bridgehead atoms. The van der Waals surface area contributed by atoms with Crippen LogP contribution in [-0.2, 0) is 12.8 Å². The molecule has 1 aliphatic carbocycles. The van der Waals surface area contributed by atoms with E-state index >= 15 is 0 Å². The van der Waals surface area contributed by atoms with Gasteiger partial charge in [0.2, 0.25) is 0 Å². The molecule has 0 radical (unpaired) electrons. The number of furan rings is 1. The first-order valence-corrected chi connectivity index (χ1v) is 11.4. The Morgan fingerprint density at radius 3 is 2.78 bits per heavy atom. The molecule has 0 saturated heterocycles. The maximum absolute atomic E-state index is 14.2. The molecule has 1 aromatic carbocycles. The van der Waals surface area contributed by atoms with Crippen LogP contribution >= 0.6 is 11.3 Å². The molecular weight excluding hydrogens is 425 g/mol. The first kappa shape index (κ1) is 20.5. The van der Waals surface area contributed by atoms with Crippen molar-refractivity contribution in [3.8, 4) is 0 Å². The Morgan fingerprint density at radius 2 is 2.00 bits per heavy atom. The second-order valence-corrected chi connectivity index (χ2v) is 8.84. The van der Waals surface area contributed by atoms with E-state index in [1.54, 1.807) is 35.7 Å². The molecule has 1 atom stereocenters. The predicted molar refractivity (Wildman–Crippen MR) is 124 cm³/mol. The van der Waals surface area contributed by atoms with Crippen LogP contribution in [0.1, 0.15) is 51.0 Å². The summed E-state index contributed by atoms with van der Waals surface area (Å²) in [6, 6.07) is 15.2. The zero-order chi connectivity index (χ0) is 21.9. The van der Waals surface area contributed by atoms with Gasteiger partial charge < -0.3 is 15.1 Å².